The normalized spacial score (nSPS) is 17.2. The van der Waals surface area contributed by atoms with Crippen molar-refractivity contribution < 1.29 is 0 Å². The summed E-state index contributed by atoms with van der Waals surface area (Å²) >= 11 is 1.68. The first-order valence-electron chi connectivity index (χ1n) is 7.27. The quantitative estimate of drug-likeness (QED) is 0.910. The molecule has 1 aromatic heterocycles. The second-order valence-corrected chi connectivity index (χ2v) is 7.59. The Bertz CT molecular complexity index is 605. The minimum absolute atomic E-state index is 0.0878. The molecule has 0 radical (unpaired) electrons. The number of hydrogen-bond acceptors (Lipinski definition) is 3. The third-order valence-electron chi connectivity index (χ3n) is 3.90. The van der Waals surface area contributed by atoms with Crippen LogP contribution in [0.2, 0.25) is 0 Å². The van der Waals surface area contributed by atoms with Gasteiger partial charge in [0.15, 0.2) is 0 Å². The molecular weight excluding hydrogens is 264 g/mol. The molecule has 1 aliphatic carbocycles. The average Bonchev–Trinajstić information content (AvgIpc) is 3.12. The van der Waals surface area contributed by atoms with E-state index in [0.717, 1.165) is 16.6 Å². The summed E-state index contributed by atoms with van der Waals surface area (Å²) in [6.07, 6.45) is 2.60. The van der Waals surface area contributed by atoms with Gasteiger partial charge < -0.3 is 5.73 Å². The second-order valence-electron chi connectivity index (χ2n) is 6.70. The lowest BCUT2D eigenvalue weighted by atomic mass is 9.93. The molecule has 0 saturated heterocycles. The lowest BCUT2D eigenvalue weighted by molar-refractivity contribution is 0.569. The summed E-state index contributed by atoms with van der Waals surface area (Å²) in [6.45, 7) is 6.57. The van der Waals surface area contributed by atoms with Crippen LogP contribution in [0.3, 0.4) is 0 Å². The van der Waals surface area contributed by atoms with Gasteiger partial charge >= 0.3 is 0 Å². The maximum Gasteiger partial charge on any atom is 0.114 e. The van der Waals surface area contributed by atoms with Crippen LogP contribution in [0.1, 0.15) is 67.4 Å². The highest BCUT2D eigenvalue weighted by molar-refractivity contribution is 7.09. The van der Waals surface area contributed by atoms with Crippen LogP contribution in [-0.4, -0.2) is 4.98 Å². The van der Waals surface area contributed by atoms with Gasteiger partial charge in [0.1, 0.15) is 5.01 Å². The molecule has 2 N–H and O–H groups in total. The molecule has 106 valence electrons. The Balaban J connectivity index is 1.93. The van der Waals surface area contributed by atoms with Crippen molar-refractivity contribution in [3.8, 4) is 0 Å². The van der Waals surface area contributed by atoms with E-state index in [1.54, 1.807) is 11.3 Å². The van der Waals surface area contributed by atoms with E-state index in [9.17, 15) is 0 Å². The molecule has 1 heterocycles. The van der Waals surface area contributed by atoms with Gasteiger partial charge in [0, 0.05) is 10.8 Å². The zero-order valence-electron chi connectivity index (χ0n) is 12.4. The molecule has 1 saturated carbocycles. The smallest absolute Gasteiger partial charge is 0.114 e. The number of hydrogen-bond donors (Lipinski definition) is 1. The van der Waals surface area contributed by atoms with E-state index < -0.39 is 0 Å². The van der Waals surface area contributed by atoms with Crippen LogP contribution < -0.4 is 5.73 Å². The van der Waals surface area contributed by atoms with Crippen molar-refractivity contribution in [1.82, 2.24) is 4.98 Å². The summed E-state index contributed by atoms with van der Waals surface area (Å²) in [5.41, 5.74) is 10.4. The fraction of sp³-hybridized carbons (Fsp3) is 0.471. The number of nitrogens with zero attached hydrogens (tertiary/aromatic N) is 1. The first-order chi connectivity index (χ1) is 9.47. The van der Waals surface area contributed by atoms with Crippen LogP contribution in [0.4, 0.5) is 0 Å². The first-order valence-corrected chi connectivity index (χ1v) is 8.15. The van der Waals surface area contributed by atoms with Crippen LogP contribution in [-0.2, 0) is 5.41 Å². The molecule has 3 heteroatoms. The van der Waals surface area contributed by atoms with Crippen molar-refractivity contribution in [3.63, 3.8) is 0 Å². The molecule has 0 spiro atoms. The Hall–Kier alpha value is -1.19. The van der Waals surface area contributed by atoms with E-state index in [4.69, 9.17) is 10.7 Å². The van der Waals surface area contributed by atoms with E-state index in [2.05, 4.69) is 50.4 Å². The van der Waals surface area contributed by atoms with Gasteiger partial charge in [-0.3, -0.25) is 0 Å². The van der Waals surface area contributed by atoms with E-state index >= 15 is 0 Å². The van der Waals surface area contributed by atoms with Gasteiger partial charge in [-0.05, 0) is 29.9 Å². The third kappa shape index (κ3) is 2.65. The van der Waals surface area contributed by atoms with E-state index in [-0.39, 0.29) is 11.5 Å². The third-order valence-corrected chi connectivity index (χ3v) is 4.83. The van der Waals surface area contributed by atoms with Crippen molar-refractivity contribution in [1.29, 1.82) is 0 Å². The molecular formula is C17H22N2S. The van der Waals surface area contributed by atoms with Gasteiger partial charge in [-0.25, -0.2) is 4.98 Å². The summed E-state index contributed by atoms with van der Waals surface area (Å²) in [6, 6.07) is 8.50. The lowest BCUT2D eigenvalue weighted by Gasteiger charge is -2.16. The summed E-state index contributed by atoms with van der Waals surface area (Å²) in [5.74, 6) is 0.722. The van der Waals surface area contributed by atoms with Crippen molar-refractivity contribution >= 4 is 11.3 Å². The summed E-state index contributed by atoms with van der Waals surface area (Å²) in [5, 5.41) is 3.18. The fourth-order valence-corrected chi connectivity index (χ4v) is 3.53. The summed E-state index contributed by atoms with van der Waals surface area (Å²) < 4.78 is 0. The van der Waals surface area contributed by atoms with Crippen LogP contribution in [0.15, 0.2) is 29.6 Å². The van der Waals surface area contributed by atoms with E-state index in [0.29, 0.717) is 0 Å². The zero-order valence-corrected chi connectivity index (χ0v) is 13.2. The largest absolute Gasteiger partial charge is 0.318 e. The Morgan fingerprint density at radius 3 is 2.55 bits per heavy atom. The van der Waals surface area contributed by atoms with Crippen molar-refractivity contribution in [3.05, 3.63) is 51.5 Å². The first kappa shape index (κ1) is 13.8. The number of aromatic nitrogens is 1. The minimum atomic E-state index is -0.0899. The molecule has 1 fully saturated rings. The molecule has 20 heavy (non-hydrogen) atoms. The lowest BCUT2D eigenvalue weighted by Crippen LogP contribution is -2.16. The number of benzene rings is 1. The van der Waals surface area contributed by atoms with E-state index in [1.165, 1.54) is 24.0 Å². The van der Waals surface area contributed by atoms with Gasteiger partial charge in [-0.1, -0.05) is 45.0 Å². The average molecular weight is 286 g/mol. The van der Waals surface area contributed by atoms with Gasteiger partial charge in [0.05, 0.1) is 11.7 Å². The van der Waals surface area contributed by atoms with Crippen molar-refractivity contribution in [2.45, 2.75) is 51.0 Å². The Morgan fingerprint density at radius 1 is 1.25 bits per heavy atom. The molecule has 2 nitrogen and oxygen atoms in total. The Morgan fingerprint density at radius 2 is 1.95 bits per heavy atom. The van der Waals surface area contributed by atoms with Crippen LogP contribution in [0.25, 0.3) is 0 Å². The molecule has 0 aliphatic heterocycles. The monoisotopic (exact) mass is 286 g/mol. The van der Waals surface area contributed by atoms with Crippen LogP contribution in [0, 0.1) is 0 Å². The SMILES string of the molecule is CC(C)(C)c1csc(C(N)c2ccccc2C2CC2)n1. The highest BCUT2D eigenvalue weighted by Gasteiger charge is 2.28. The minimum Gasteiger partial charge on any atom is -0.318 e. The topological polar surface area (TPSA) is 38.9 Å². The van der Waals surface area contributed by atoms with Gasteiger partial charge in [-0.2, -0.15) is 0 Å². The summed E-state index contributed by atoms with van der Waals surface area (Å²) in [4.78, 5) is 4.77. The maximum atomic E-state index is 6.49. The summed E-state index contributed by atoms with van der Waals surface area (Å²) in [7, 11) is 0. The number of nitrogens with two attached hydrogens (primary N) is 1. The van der Waals surface area contributed by atoms with Gasteiger partial charge in [0.25, 0.3) is 0 Å². The molecule has 0 bridgehead atoms. The Kier molecular flexibility index (Phi) is 3.43. The predicted octanol–water partition coefficient (Wildman–Crippen LogP) is 4.37. The molecule has 2 aromatic rings. The van der Waals surface area contributed by atoms with Crippen LogP contribution >= 0.6 is 11.3 Å². The number of rotatable bonds is 3. The molecule has 1 aliphatic rings. The maximum absolute atomic E-state index is 6.49. The highest BCUT2D eigenvalue weighted by atomic mass is 32.1. The van der Waals surface area contributed by atoms with Crippen molar-refractivity contribution in [2.24, 2.45) is 5.73 Å². The molecule has 0 amide bonds. The zero-order chi connectivity index (χ0) is 14.3. The van der Waals surface area contributed by atoms with Gasteiger partial charge in [0.2, 0.25) is 0 Å². The Labute approximate surface area is 125 Å². The van der Waals surface area contributed by atoms with E-state index in [1.807, 2.05) is 0 Å². The second kappa shape index (κ2) is 4.97. The number of thiazole rings is 1. The molecule has 1 atom stereocenters. The fourth-order valence-electron chi connectivity index (χ4n) is 2.47. The predicted molar refractivity (Wildman–Crippen MR) is 85.3 cm³/mol. The molecule has 1 aromatic carbocycles. The standard InChI is InChI=1S/C17H22N2S/c1-17(2,3)14-10-20-16(19-14)15(18)13-7-5-4-6-12(13)11-8-9-11/h4-7,10-11,15H,8-9,18H2,1-3H3. The van der Waals surface area contributed by atoms with Gasteiger partial charge in [-0.15, -0.1) is 11.3 Å². The highest BCUT2D eigenvalue weighted by Crippen LogP contribution is 2.43. The van der Waals surface area contributed by atoms with Crippen molar-refractivity contribution in [2.75, 3.05) is 0 Å². The molecule has 3 rings (SSSR count). The molecule has 1 unspecified atom stereocenters. The van der Waals surface area contributed by atoms with Crippen LogP contribution in [0.5, 0.6) is 0 Å².